The summed E-state index contributed by atoms with van der Waals surface area (Å²) in [5.74, 6) is 5.31. The Hall–Kier alpha value is -3.04. The molecule has 1 N–H and O–H groups in total. The fourth-order valence-corrected chi connectivity index (χ4v) is 3.18. The zero-order chi connectivity index (χ0) is 23.5. The van der Waals surface area contributed by atoms with Crippen molar-refractivity contribution in [1.29, 1.82) is 0 Å². The molecule has 0 radical (unpaired) electrons. The molecule has 3 rings (SSSR count). The van der Waals surface area contributed by atoms with Gasteiger partial charge in [0.25, 0.3) is 0 Å². The lowest BCUT2D eigenvalue weighted by molar-refractivity contribution is 0.401. The van der Waals surface area contributed by atoms with Gasteiger partial charge in [-0.3, -0.25) is 4.79 Å². The first-order valence-electron chi connectivity index (χ1n) is 10.4. The number of benzene rings is 1. The average Bonchev–Trinajstić information content (AvgIpc) is 3.54. The van der Waals surface area contributed by atoms with E-state index in [2.05, 4.69) is 55.0 Å². The van der Waals surface area contributed by atoms with Gasteiger partial charge < -0.3 is 14.6 Å². The Morgan fingerprint density at radius 1 is 1.38 bits per heavy atom. The van der Waals surface area contributed by atoms with E-state index in [1.54, 1.807) is 16.8 Å². The summed E-state index contributed by atoms with van der Waals surface area (Å²) in [6, 6.07) is 6.19. The lowest BCUT2D eigenvalue weighted by Crippen LogP contribution is -2.19. The molecule has 1 aromatic carbocycles. The van der Waals surface area contributed by atoms with Crippen molar-refractivity contribution in [3.05, 3.63) is 68.9 Å². The molecule has 2 aromatic rings. The van der Waals surface area contributed by atoms with Crippen LogP contribution in [0.2, 0.25) is 0 Å². The zero-order valence-electron chi connectivity index (χ0n) is 18.9. The number of aryl methyl sites for hydroxylation is 2. The molecule has 0 saturated heterocycles. The van der Waals surface area contributed by atoms with E-state index in [1.807, 2.05) is 13.0 Å². The molecule has 1 aliphatic carbocycles. The molecule has 1 aliphatic rings. The maximum absolute atomic E-state index is 14.0. The van der Waals surface area contributed by atoms with Gasteiger partial charge in [0.2, 0.25) is 11.7 Å². The Morgan fingerprint density at radius 2 is 2.09 bits per heavy atom. The summed E-state index contributed by atoms with van der Waals surface area (Å²) in [6.07, 6.45) is 4.97. The highest BCUT2D eigenvalue weighted by Gasteiger charge is 2.16. The van der Waals surface area contributed by atoms with Crippen molar-refractivity contribution in [1.82, 2.24) is 9.55 Å². The van der Waals surface area contributed by atoms with Crippen LogP contribution in [0.15, 0.2) is 52.2 Å². The van der Waals surface area contributed by atoms with Gasteiger partial charge in [-0.2, -0.15) is 4.98 Å². The fraction of sp³-hybridized carbons (Fsp3) is 0.360. The second kappa shape index (κ2) is 9.62. The van der Waals surface area contributed by atoms with Gasteiger partial charge in [-0.15, -0.1) is 0 Å². The number of aromatic nitrogens is 2. The van der Waals surface area contributed by atoms with Gasteiger partial charge in [0.1, 0.15) is 11.7 Å². The van der Waals surface area contributed by atoms with Crippen molar-refractivity contribution in [2.75, 3.05) is 12.4 Å². The van der Waals surface area contributed by atoms with Crippen LogP contribution in [0, 0.1) is 24.7 Å². The van der Waals surface area contributed by atoms with Crippen LogP contribution in [-0.2, 0) is 12.0 Å². The molecular formula is C25H27ClFN3O2. The number of allylic oxidation sites excluding steroid dienone is 4. The number of rotatable bonds is 8. The third-order valence-corrected chi connectivity index (χ3v) is 5.41. The molecule has 0 aliphatic heterocycles. The van der Waals surface area contributed by atoms with Gasteiger partial charge in [0.15, 0.2) is 0 Å². The molecule has 0 fully saturated rings. The van der Waals surface area contributed by atoms with Gasteiger partial charge in [0.05, 0.1) is 18.3 Å². The number of methoxy groups -OCH3 is 1. The SMILES string of the molecule is COc1cn(CC/C=C(Cl)\C(F)=C/C2C#C2)c(Nc2cc(C(C)(C)C)ccc2C)nc1=O. The number of nitrogens with one attached hydrogen (secondary N) is 1. The van der Waals surface area contributed by atoms with Crippen LogP contribution in [0.25, 0.3) is 0 Å². The molecule has 0 saturated carbocycles. The van der Waals surface area contributed by atoms with E-state index < -0.39 is 11.4 Å². The molecule has 7 heteroatoms. The molecule has 168 valence electrons. The minimum Gasteiger partial charge on any atom is -0.490 e. The van der Waals surface area contributed by atoms with Crippen molar-refractivity contribution in [3.63, 3.8) is 0 Å². The minimum atomic E-state index is -0.502. The summed E-state index contributed by atoms with van der Waals surface area (Å²) in [4.78, 5) is 16.5. The Balaban J connectivity index is 1.86. The molecule has 0 atom stereocenters. The molecule has 5 nitrogen and oxygen atoms in total. The van der Waals surface area contributed by atoms with E-state index in [0.29, 0.717) is 18.9 Å². The number of ether oxygens (including phenoxy) is 1. The van der Waals surface area contributed by atoms with Gasteiger partial charge in [-0.1, -0.05) is 62.4 Å². The second-order valence-corrected chi connectivity index (χ2v) is 9.07. The summed E-state index contributed by atoms with van der Waals surface area (Å²) in [6.45, 7) is 8.82. The van der Waals surface area contributed by atoms with Crippen molar-refractivity contribution in [3.8, 4) is 17.6 Å². The normalized spacial score (nSPS) is 14.1. The Labute approximate surface area is 193 Å². The first-order valence-corrected chi connectivity index (χ1v) is 10.7. The number of hydrogen-bond acceptors (Lipinski definition) is 4. The summed E-state index contributed by atoms with van der Waals surface area (Å²) >= 11 is 6.05. The molecule has 0 unspecified atom stereocenters. The molecule has 32 heavy (non-hydrogen) atoms. The van der Waals surface area contributed by atoms with Crippen LogP contribution in [0.3, 0.4) is 0 Å². The van der Waals surface area contributed by atoms with E-state index in [-0.39, 0.29) is 22.1 Å². The quantitative estimate of drug-likeness (QED) is 0.415. The number of halogens is 2. The molecular weight excluding hydrogens is 429 g/mol. The maximum atomic E-state index is 14.0. The number of hydrogen-bond donors (Lipinski definition) is 1. The van der Waals surface area contributed by atoms with Gasteiger partial charge >= 0.3 is 5.56 Å². The van der Waals surface area contributed by atoms with Crippen molar-refractivity contribution in [2.24, 2.45) is 5.92 Å². The Morgan fingerprint density at radius 3 is 2.72 bits per heavy atom. The highest BCUT2D eigenvalue weighted by atomic mass is 35.5. The highest BCUT2D eigenvalue weighted by molar-refractivity contribution is 6.31. The standard InChI is InChI=1S/C25H27ClFN3O2/c1-16-8-11-18(25(2,3)4)14-21(16)28-24-29-23(31)22(32-5)15-30(24)12-6-7-19(26)20(27)13-17-9-10-17/h7-8,11,13-15,17H,6,12H2,1-5H3,(H,28,29,31)/b19-7+,20-13+. The third kappa shape index (κ3) is 6.02. The van der Waals surface area contributed by atoms with E-state index in [0.717, 1.165) is 16.8 Å². The average molecular weight is 456 g/mol. The van der Waals surface area contributed by atoms with Gasteiger partial charge in [0, 0.05) is 12.2 Å². The van der Waals surface area contributed by atoms with Gasteiger partial charge in [-0.25, -0.2) is 4.39 Å². The van der Waals surface area contributed by atoms with E-state index in [9.17, 15) is 9.18 Å². The second-order valence-electron chi connectivity index (χ2n) is 8.66. The predicted octanol–water partition coefficient (Wildman–Crippen LogP) is 5.60. The largest absolute Gasteiger partial charge is 0.490 e. The van der Waals surface area contributed by atoms with Crippen molar-refractivity contribution >= 4 is 23.2 Å². The smallest absolute Gasteiger partial charge is 0.316 e. The van der Waals surface area contributed by atoms with Crippen LogP contribution in [0.1, 0.15) is 38.3 Å². The summed E-state index contributed by atoms with van der Waals surface area (Å²) in [5.41, 5.74) is 2.54. The lowest BCUT2D eigenvalue weighted by atomic mass is 9.86. The van der Waals surface area contributed by atoms with Gasteiger partial charge in [-0.05, 0) is 42.0 Å². The third-order valence-electron chi connectivity index (χ3n) is 5.08. The fourth-order valence-electron chi connectivity index (χ4n) is 3.01. The van der Waals surface area contributed by atoms with Crippen LogP contribution in [0.4, 0.5) is 16.0 Å². The molecule has 1 aromatic heterocycles. The summed E-state index contributed by atoms with van der Waals surface area (Å²) in [5, 5.41) is 3.31. The van der Waals surface area contributed by atoms with Crippen molar-refractivity contribution < 1.29 is 9.13 Å². The summed E-state index contributed by atoms with van der Waals surface area (Å²) < 4.78 is 20.9. The zero-order valence-corrected chi connectivity index (χ0v) is 19.7. The Kier molecular flexibility index (Phi) is 7.10. The Bertz CT molecular complexity index is 1190. The van der Waals surface area contributed by atoms with Crippen LogP contribution >= 0.6 is 11.6 Å². The van der Waals surface area contributed by atoms with Crippen LogP contribution < -0.4 is 15.6 Å². The first-order chi connectivity index (χ1) is 15.1. The molecule has 0 amide bonds. The monoisotopic (exact) mass is 455 g/mol. The van der Waals surface area contributed by atoms with E-state index >= 15 is 0 Å². The van der Waals surface area contributed by atoms with E-state index in [4.69, 9.17) is 16.3 Å². The first kappa shape index (κ1) is 23.6. The number of anilines is 2. The topological polar surface area (TPSA) is 56.1 Å². The van der Waals surface area contributed by atoms with E-state index in [1.165, 1.54) is 13.2 Å². The lowest BCUT2D eigenvalue weighted by Gasteiger charge is -2.22. The van der Waals surface area contributed by atoms with Crippen LogP contribution in [-0.4, -0.2) is 16.7 Å². The highest BCUT2D eigenvalue weighted by Crippen LogP contribution is 2.29. The van der Waals surface area contributed by atoms with Crippen LogP contribution in [0.5, 0.6) is 5.75 Å². The minimum absolute atomic E-state index is 0.0260. The maximum Gasteiger partial charge on any atom is 0.316 e. The molecule has 1 heterocycles. The molecule has 0 bridgehead atoms. The molecule has 0 spiro atoms. The predicted molar refractivity (Wildman–Crippen MR) is 127 cm³/mol. The summed E-state index contributed by atoms with van der Waals surface area (Å²) in [7, 11) is 1.42. The van der Waals surface area contributed by atoms with Crippen molar-refractivity contribution in [2.45, 2.75) is 46.1 Å². The number of nitrogens with zero attached hydrogens (tertiary/aromatic N) is 2.